The van der Waals surface area contributed by atoms with Gasteiger partial charge in [0, 0.05) is 11.6 Å². The zero-order chi connectivity index (χ0) is 13.1. The van der Waals surface area contributed by atoms with Crippen molar-refractivity contribution in [2.45, 2.75) is 46.7 Å². The maximum absolute atomic E-state index is 5.25. The molecule has 1 unspecified atom stereocenters. The molecule has 1 aromatic rings. The highest BCUT2D eigenvalue weighted by molar-refractivity contribution is 5.63. The van der Waals surface area contributed by atoms with Crippen LogP contribution in [-0.4, -0.2) is 16.2 Å². The van der Waals surface area contributed by atoms with Crippen molar-refractivity contribution in [1.82, 2.24) is 15.5 Å². The second kappa shape index (κ2) is 5.48. The number of nitrogens with zero attached hydrogens (tertiary/aromatic N) is 2. The van der Waals surface area contributed by atoms with E-state index in [-0.39, 0.29) is 0 Å². The van der Waals surface area contributed by atoms with Crippen LogP contribution >= 0.6 is 0 Å². The van der Waals surface area contributed by atoms with Crippen molar-refractivity contribution in [1.29, 1.82) is 0 Å². The number of allylic oxidation sites excluding steroid dienone is 4. The molecule has 4 nitrogen and oxygen atoms in total. The number of hydrogen-bond acceptors (Lipinski definition) is 4. The Morgan fingerprint density at radius 2 is 2.22 bits per heavy atom. The molecule has 18 heavy (non-hydrogen) atoms. The Labute approximate surface area is 108 Å². The average Bonchev–Trinajstić information content (AvgIpc) is 2.79. The van der Waals surface area contributed by atoms with Gasteiger partial charge in [-0.05, 0) is 19.3 Å². The van der Waals surface area contributed by atoms with E-state index in [1.165, 1.54) is 5.57 Å². The summed E-state index contributed by atoms with van der Waals surface area (Å²) in [6.07, 6.45) is 5.23. The van der Waals surface area contributed by atoms with Gasteiger partial charge < -0.3 is 9.84 Å². The summed E-state index contributed by atoms with van der Waals surface area (Å²) in [5.41, 5.74) is 2.57. The van der Waals surface area contributed by atoms with E-state index in [4.69, 9.17) is 4.52 Å². The Morgan fingerprint density at radius 3 is 2.89 bits per heavy atom. The van der Waals surface area contributed by atoms with Crippen molar-refractivity contribution in [3.05, 3.63) is 29.4 Å². The van der Waals surface area contributed by atoms with Crippen molar-refractivity contribution in [3.8, 4) is 0 Å². The van der Waals surface area contributed by atoms with E-state index in [2.05, 4.69) is 55.3 Å². The molecule has 0 amide bonds. The summed E-state index contributed by atoms with van der Waals surface area (Å²) >= 11 is 0. The van der Waals surface area contributed by atoms with Crippen LogP contribution in [0.25, 0.3) is 5.57 Å². The normalized spacial score (nSPS) is 19.9. The number of nitrogens with one attached hydrogen (secondary N) is 1. The van der Waals surface area contributed by atoms with Crippen LogP contribution in [0.15, 0.2) is 22.2 Å². The van der Waals surface area contributed by atoms with Gasteiger partial charge in [-0.2, -0.15) is 4.98 Å². The summed E-state index contributed by atoms with van der Waals surface area (Å²) in [5.74, 6) is 1.94. The van der Waals surface area contributed by atoms with Crippen LogP contribution in [0.5, 0.6) is 0 Å². The Hall–Kier alpha value is -1.42. The van der Waals surface area contributed by atoms with Crippen LogP contribution in [0.2, 0.25) is 0 Å². The Bertz CT molecular complexity index is 471. The molecule has 0 radical (unpaired) electrons. The highest BCUT2D eigenvalue weighted by Gasteiger charge is 2.17. The fraction of sp³-hybridized carbons (Fsp3) is 0.571. The third-order valence-corrected chi connectivity index (χ3v) is 3.27. The van der Waals surface area contributed by atoms with E-state index >= 15 is 0 Å². The minimum atomic E-state index is 0.417. The quantitative estimate of drug-likeness (QED) is 0.888. The smallest absolute Gasteiger partial charge is 0.240 e. The summed E-state index contributed by atoms with van der Waals surface area (Å²) in [5, 5.41) is 7.32. The predicted octanol–water partition coefficient (Wildman–Crippen LogP) is 2.94. The van der Waals surface area contributed by atoms with E-state index in [1.807, 2.05) is 0 Å². The third kappa shape index (κ3) is 3.07. The lowest BCUT2D eigenvalue weighted by Gasteiger charge is -2.16. The molecular formula is C14H21N3O. The van der Waals surface area contributed by atoms with Crippen LogP contribution < -0.4 is 5.32 Å². The van der Waals surface area contributed by atoms with Crippen LogP contribution in [0, 0.1) is 5.92 Å². The highest BCUT2D eigenvalue weighted by Crippen LogP contribution is 2.29. The SMILES string of the molecule is CC1=CC=C(c2noc(CNC(C)C)n2)CC1C. The van der Waals surface area contributed by atoms with Crippen LogP contribution in [-0.2, 0) is 6.54 Å². The molecule has 1 heterocycles. The molecule has 4 heteroatoms. The molecular weight excluding hydrogens is 226 g/mol. The standard InChI is InChI=1S/C14H21N3O/c1-9(2)15-8-13-16-14(17-18-13)12-6-5-10(3)11(4)7-12/h5-6,9,11,15H,7-8H2,1-4H3. The van der Waals surface area contributed by atoms with Crippen molar-refractivity contribution < 1.29 is 4.52 Å². The van der Waals surface area contributed by atoms with Crippen molar-refractivity contribution in [2.24, 2.45) is 5.92 Å². The van der Waals surface area contributed by atoms with Crippen LogP contribution in [0.1, 0.15) is 45.8 Å². The minimum Gasteiger partial charge on any atom is -0.338 e. The van der Waals surface area contributed by atoms with Gasteiger partial charge in [-0.15, -0.1) is 0 Å². The first kappa shape index (κ1) is 13.0. The molecule has 0 saturated carbocycles. The zero-order valence-corrected chi connectivity index (χ0v) is 11.5. The van der Waals surface area contributed by atoms with Crippen molar-refractivity contribution >= 4 is 5.57 Å². The first-order valence-electron chi connectivity index (χ1n) is 6.50. The van der Waals surface area contributed by atoms with Gasteiger partial charge in [-0.25, -0.2) is 0 Å². The van der Waals surface area contributed by atoms with Gasteiger partial charge in [0.1, 0.15) is 0 Å². The maximum atomic E-state index is 5.25. The molecule has 1 N–H and O–H groups in total. The molecule has 98 valence electrons. The second-order valence-corrected chi connectivity index (χ2v) is 5.26. The van der Waals surface area contributed by atoms with Gasteiger partial charge in [-0.1, -0.05) is 43.7 Å². The lowest BCUT2D eigenvalue weighted by molar-refractivity contribution is 0.360. The lowest BCUT2D eigenvalue weighted by Crippen LogP contribution is -2.21. The van der Waals surface area contributed by atoms with Gasteiger partial charge in [0.05, 0.1) is 6.54 Å². The Kier molecular flexibility index (Phi) is 3.97. The van der Waals surface area contributed by atoms with E-state index in [0.29, 0.717) is 24.4 Å². The van der Waals surface area contributed by atoms with E-state index in [9.17, 15) is 0 Å². The van der Waals surface area contributed by atoms with Gasteiger partial charge >= 0.3 is 0 Å². The topological polar surface area (TPSA) is 51.0 Å². The maximum Gasteiger partial charge on any atom is 0.240 e. The van der Waals surface area contributed by atoms with Crippen molar-refractivity contribution in [2.75, 3.05) is 0 Å². The zero-order valence-electron chi connectivity index (χ0n) is 11.5. The summed E-state index contributed by atoms with van der Waals surface area (Å²) in [6, 6.07) is 0.417. The van der Waals surface area contributed by atoms with Gasteiger partial charge in [0.2, 0.25) is 5.89 Å². The molecule has 0 saturated heterocycles. The molecule has 1 aliphatic rings. The Balaban J connectivity index is 2.06. The molecule has 0 aromatic carbocycles. The van der Waals surface area contributed by atoms with Gasteiger partial charge in [0.15, 0.2) is 5.82 Å². The van der Waals surface area contributed by atoms with Gasteiger partial charge in [-0.3, -0.25) is 0 Å². The molecule has 2 rings (SSSR count). The number of rotatable bonds is 4. The number of aromatic nitrogens is 2. The summed E-state index contributed by atoms with van der Waals surface area (Å²) in [7, 11) is 0. The number of hydrogen-bond donors (Lipinski definition) is 1. The van der Waals surface area contributed by atoms with Crippen LogP contribution in [0.4, 0.5) is 0 Å². The molecule has 1 atom stereocenters. The Morgan fingerprint density at radius 1 is 1.44 bits per heavy atom. The summed E-state index contributed by atoms with van der Waals surface area (Å²) in [6.45, 7) is 9.20. The molecule has 0 spiro atoms. The minimum absolute atomic E-state index is 0.417. The molecule has 1 aliphatic carbocycles. The average molecular weight is 247 g/mol. The lowest BCUT2D eigenvalue weighted by atomic mass is 9.89. The van der Waals surface area contributed by atoms with E-state index in [0.717, 1.165) is 17.8 Å². The third-order valence-electron chi connectivity index (χ3n) is 3.27. The van der Waals surface area contributed by atoms with E-state index < -0.39 is 0 Å². The van der Waals surface area contributed by atoms with Crippen molar-refractivity contribution in [3.63, 3.8) is 0 Å². The second-order valence-electron chi connectivity index (χ2n) is 5.26. The van der Waals surface area contributed by atoms with Gasteiger partial charge in [0.25, 0.3) is 0 Å². The first-order chi connectivity index (χ1) is 8.56. The largest absolute Gasteiger partial charge is 0.338 e. The highest BCUT2D eigenvalue weighted by atomic mass is 16.5. The van der Waals surface area contributed by atoms with Crippen LogP contribution in [0.3, 0.4) is 0 Å². The predicted molar refractivity (Wildman–Crippen MR) is 71.8 cm³/mol. The fourth-order valence-corrected chi connectivity index (χ4v) is 1.87. The first-order valence-corrected chi connectivity index (χ1v) is 6.50. The molecule has 1 aromatic heterocycles. The summed E-state index contributed by atoms with van der Waals surface area (Å²) < 4.78 is 5.25. The molecule has 0 fully saturated rings. The molecule has 0 bridgehead atoms. The summed E-state index contributed by atoms with van der Waals surface area (Å²) in [4.78, 5) is 4.43. The monoisotopic (exact) mass is 247 g/mol. The van der Waals surface area contributed by atoms with E-state index in [1.54, 1.807) is 0 Å². The molecule has 0 aliphatic heterocycles. The fourth-order valence-electron chi connectivity index (χ4n) is 1.87.